The van der Waals surface area contributed by atoms with Gasteiger partial charge in [0.15, 0.2) is 0 Å². The van der Waals surface area contributed by atoms with Crippen LogP contribution >= 0.6 is 23.2 Å². The van der Waals surface area contributed by atoms with Crippen LogP contribution in [0.1, 0.15) is 12.0 Å². The summed E-state index contributed by atoms with van der Waals surface area (Å²) in [5.74, 6) is -0.943. The lowest BCUT2D eigenvalue weighted by Gasteiger charge is -2.07. The molecular formula is C16H11Cl2N3O2. The van der Waals surface area contributed by atoms with Crippen molar-refractivity contribution in [3.63, 3.8) is 0 Å². The number of anilines is 2. The summed E-state index contributed by atoms with van der Waals surface area (Å²) in [5.41, 5.74) is 1.45. The fraction of sp³-hybridized carbons (Fsp3) is 0.0625. The topological polar surface area (TPSA) is 82.0 Å². The molecule has 2 rings (SSSR count). The van der Waals surface area contributed by atoms with E-state index < -0.39 is 11.8 Å². The van der Waals surface area contributed by atoms with Gasteiger partial charge in [0.1, 0.15) is 6.42 Å². The molecule has 0 aliphatic rings. The maximum atomic E-state index is 11.8. The number of hydrogen-bond donors (Lipinski definition) is 2. The second-order valence-electron chi connectivity index (χ2n) is 4.59. The van der Waals surface area contributed by atoms with Crippen LogP contribution in [-0.4, -0.2) is 11.8 Å². The van der Waals surface area contributed by atoms with Crippen LogP contribution in [0.25, 0.3) is 0 Å². The Bertz CT molecular complexity index is 783. The van der Waals surface area contributed by atoms with Crippen molar-refractivity contribution in [3.8, 4) is 6.07 Å². The number of carbonyl (C=O) groups excluding carboxylic acids is 2. The van der Waals surface area contributed by atoms with Crippen molar-refractivity contribution in [1.29, 1.82) is 5.26 Å². The van der Waals surface area contributed by atoms with E-state index >= 15 is 0 Å². The highest BCUT2D eigenvalue weighted by atomic mass is 35.5. The molecule has 23 heavy (non-hydrogen) atoms. The van der Waals surface area contributed by atoms with Gasteiger partial charge >= 0.3 is 0 Å². The summed E-state index contributed by atoms with van der Waals surface area (Å²) >= 11 is 11.6. The highest BCUT2D eigenvalue weighted by Gasteiger charge is 2.11. The summed E-state index contributed by atoms with van der Waals surface area (Å²) in [7, 11) is 0. The predicted octanol–water partition coefficient (Wildman–Crippen LogP) is 3.83. The molecule has 0 radical (unpaired) electrons. The van der Waals surface area contributed by atoms with E-state index in [2.05, 4.69) is 10.6 Å². The Balaban J connectivity index is 1.90. The van der Waals surface area contributed by atoms with Gasteiger partial charge in [-0.2, -0.15) is 5.26 Å². The third kappa shape index (κ3) is 4.99. The second kappa shape index (κ2) is 7.63. The summed E-state index contributed by atoms with van der Waals surface area (Å²) < 4.78 is 0. The minimum absolute atomic E-state index is 0.312. The van der Waals surface area contributed by atoms with E-state index in [1.54, 1.807) is 36.4 Å². The highest BCUT2D eigenvalue weighted by molar-refractivity contribution is 6.42. The Hall–Kier alpha value is -2.55. The highest BCUT2D eigenvalue weighted by Crippen LogP contribution is 2.25. The van der Waals surface area contributed by atoms with Crippen LogP contribution in [-0.2, 0) is 9.59 Å². The molecule has 0 fully saturated rings. The lowest BCUT2D eigenvalue weighted by atomic mass is 10.2. The van der Waals surface area contributed by atoms with Crippen LogP contribution in [0.4, 0.5) is 11.4 Å². The zero-order chi connectivity index (χ0) is 16.8. The number of halogens is 2. The molecule has 7 heteroatoms. The van der Waals surface area contributed by atoms with Gasteiger partial charge in [-0.05, 0) is 42.5 Å². The van der Waals surface area contributed by atoms with E-state index in [1.165, 1.54) is 6.07 Å². The normalized spacial score (nSPS) is 9.78. The Morgan fingerprint density at radius 2 is 1.48 bits per heavy atom. The average molecular weight is 348 g/mol. The van der Waals surface area contributed by atoms with Gasteiger partial charge in [0.25, 0.3) is 0 Å². The van der Waals surface area contributed by atoms with Crippen molar-refractivity contribution in [1.82, 2.24) is 0 Å². The first-order valence-corrected chi connectivity index (χ1v) is 7.28. The molecule has 0 aliphatic heterocycles. The smallest absolute Gasteiger partial charge is 0.233 e. The third-order valence-electron chi connectivity index (χ3n) is 2.82. The first kappa shape index (κ1) is 16.8. The average Bonchev–Trinajstić information content (AvgIpc) is 2.51. The van der Waals surface area contributed by atoms with Crippen molar-refractivity contribution in [3.05, 3.63) is 58.1 Å². The molecule has 0 saturated carbocycles. The number of nitrogens with one attached hydrogen (secondary N) is 2. The van der Waals surface area contributed by atoms with Gasteiger partial charge in [0, 0.05) is 11.4 Å². The van der Waals surface area contributed by atoms with Crippen LogP contribution in [0, 0.1) is 11.3 Å². The summed E-state index contributed by atoms with van der Waals surface area (Å²) in [6.45, 7) is 0. The van der Waals surface area contributed by atoms with Gasteiger partial charge in [0.2, 0.25) is 11.8 Å². The van der Waals surface area contributed by atoms with E-state index in [0.717, 1.165) is 0 Å². The standard InChI is InChI=1S/C16H11Cl2N3O2/c17-13-6-5-12(7-14(13)18)21-16(23)8-15(22)20-11-3-1-10(9-19)2-4-11/h1-7H,8H2,(H,20,22)(H,21,23). The lowest BCUT2D eigenvalue weighted by Crippen LogP contribution is -2.21. The van der Waals surface area contributed by atoms with Crippen LogP contribution in [0.5, 0.6) is 0 Å². The molecule has 2 aromatic rings. The summed E-state index contributed by atoms with van der Waals surface area (Å²) in [4.78, 5) is 23.6. The number of amides is 2. The molecule has 5 nitrogen and oxygen atoms in total. The number of hydrogen-bond acceptors (Lipinski definition) is 3. The van der Waals surface area contributed by atoms with Gasteiger partial charge in [-0.1, -0.05) is 23.2 Å². The molecule has 0 unspecified atom stereocenters. The Morgan fingerprint density at radius 3 is 2.04 bits per heavy atom. The number of nitriles is 1. The molecule has 116 valence electrons. The van der Waals surface area contributed by atoms with Gasteiger partial charge in [-0.15, -0.1) is 0 Å². The molecule has 2 aromatic carbocycles. The molecule has 0 saturated heterocycles. The second-order valence-corrected chi connectivity index (χ2v) is 5.41. The number of carbonyl (C=O) groups is 2. The minimum Gasteiger partial charge on any atom is -0.326 e. The number of nitrogens with zero attached hydrogens (tertiary/aromatic N) is 1. The Morgan fingerprint density at radius 1 is 0.913 bits per heavy atom. The lowest BCUT2D eigenvalue weighted by molar-refractivity contribution is -0.123. The zero-order valence-corrected chi connectivity index (χ0v) is 13.3. The molecule has 0 aromatic heterocycles. The van der Waals surface area contributed by atoms with E-state index in [4.69, 9.17) is 28.5 Å². The van der Waals surface area contributed by atoms with Crippen molar-refractivity contribution in [2.24, 2.45) is 0 Å². The van der Waals surface area contributed by atoms with E-state index in [-0.39, 0.29) is 6.42 Å². The largest absolute Gasteiger partial charge is 0.326 e. The van der Waals surface area contributed by atoms with E-state index in [9.17, 15) is 9.59 Å². The molecular weight excluding hydrogens is 337 g/mol. The Kier molecular flexibility index (Phi) is 5.58. The molecule has 0 atom stereocenters. The SMILES string of the molecule is N#Cc1ccc(NC(=O)CC(=O)Nc2ccc(Cl)c(Cl)c2)cc1. The van der Waals surface area contributed by atoms with Gasteiger partial charge in [-0.25, -0.2) is 0 Å². The third-order valence-corrected chi connectivity index (χ3v) is 3.56. The predicted molar refractivity (Wildman–Crippen MR) is 89.5 cm³/mol. The summed E-state index contributed by atoms with van der Waals surface area (Å²) in [6.07, 6.45) is -0.347. The van der Waals surface area contributed by atoms with E-state index in [0.29, 0.717) is 27.0 Å². The van der Waals surface area contributed by atoms with E-state index in [1.807, 2.05) is 6.07 Å². The fourth-order valence-corrected chi connectivity index (χ4v) is 2.06. The van der Waals surface area contributed by atoms with Crippen molar-refractivity contribution < 1.29 is 9.59 Å². The molecule has 0 heterocycles. The number of benzene rings is 2. The first-order valence-electron chi connectivity index (χ1n) is 6.53. The quantitative estimate of drug-likeness (QED) is 0.824. The molecule has 0 bridgehead atoms. The van der Waals surface area contributed by atoms with Crippen LogP contribution in [0.3, 0.4) is 0 Å². The Labute approximate surface area is 142 Å². The molecule has 2 N–H and O–H groups in total. The van der Waals surface area contributed by atoms with Crippen LogP contribution < -0.4 is 10.6 Å². The number of rotatable bonds is 4. The summed E-state index contributed by atoms with van der Waals surface area (Å²) in [5, 5.41) is 14.5. The molecule has 2 amide bonds. The zero-order valence-electron chi connectivity index (χ0n) is 11.8. The van der Waals surface area contributed by atoms with Crippen LogP contribution in [0.15, 0.2) is 42.5 Å². The van der Waals surface area contributed by atoms with Gasteiger partial charge in [-0.3, -0.25) is 9.59 Å². The van der Waals surface area contributed by atoms with Gasteiger partial charge < -0.3 is 10.6 Å². The minimum atomic E-state index is -0.477. The fourth-order valence-electron chi connectivity index (χ4n) is 1.76. The first-order chi connectivity index (χ1) is 11.0. The maximum Gasteiger partial charge on any atom is 0.233 e. The summed E-state index contributed by atoms with van der Waals surface area (Å²) in [6, 6.07) is 12.9. The van der Waals surface area contributed by atoms with Crippen molar-refractivity contribution in [2.45, 2.75) is 6.42 Å². The van der Waals surface area contributed by atoms with Crippen molar-refractivity contribution in [2.75, 3.05) is 10.6 Å². The van der Waals surface area contributed by atoms with Crippen molar-refractivity contribution >= 4 is 46.4 Å². The monoisotopic (exact) mass is 347 g/mol. The van der Waals surface area contributed by atoms with Crippen LogP contribution in [0.2, 0.25) is 10.0 Å². The molecule has 0 aliphatic carbocycles. The maximum absolute atomic E-state index is 11.8. The van der Waals surface area contributed by atoms with Gasteiger partial charge in [0.05, 0.1) is 21.7 Å². The molecule has 0 spiro atoms.